The van der Waals surface area contributed by atoms with Crippen LogP contribution in [0.15, 0.2) is 24.3 Å². The van der Waals surface area contributed by atoms with Gasteiger partial charge in [-0.15, -0.1) is 0 Å². The first kappa shape index (κ1) is 17.9. The van der Waals surface area contributed by atoms with Gasteiger partial charge in [-0.25, -0.2) is 8.42 Å². The van der Waals surface area contributed by atoms with Gasteiger partial charge in [-0.05, 0) is 38.6 Å². The Labute approximate surface area is 138 Å². The standard InChI is InChI=1S/C16H25N3O3S/c1-12(2)23(21,22)19-9-8-18(4)15(11-19)13-6-5-7-14(10-13)16(20)17-3/h5-7,10,12,15H,8-9,11H2,1-4H3,(H,17,20)/t15-/m1/s1. The molecule has 128 valence electrons. The molecular weight excluding hydrogens is 314 g/mol. The molecule has 1 aliphatic rings. The van der Waals surface area contributed by atoms with Crippen LogP contribution in [0.2, 0.25) is 0 Å². The average molecular weight is 339 g/mol. The Morgan fingerprint density at radius 2 is 2.00 bits per heavy atom. The summed E-state index contributed by atoms with van der Waals surface area (Å²) >= 11 is 0. The summed E-state index contributed by atoms with van der Waals surface area (Å²) in [6.07, 6.45) is 0. The van der Waals surface area contributed by atoms with Gasteiger partial charge in [0.15, 0.2) is 0 Å². The Bertz CT molecular complexity index is 673. The fourth-order valence-corrected chi connectivity index (χ4v) is 4.05. The van der Waals surface area contributed by atoms with E-state index in [0.29, 0.717) is 25.2 Å². The van der Waals surface area contributed by atoms with Gasteiger partial charge in [-0.2, -0.15) is 4.31 Å². The number of nitrogens with one attached hydrogen (secondary N) is 1. The van der Waals surface area contributed by atoms with E-state index in [1.54, 1.807) is 31.3 Å². The minimum atomic E-state index is -3.27. The monoisotopic (exact) mass is 339 g/mol. The SMILES string of the molecule is CNC(=O)c1cccc([C@H]2CN(S(=O)(=O)C(C)C)CCN2C)c1. The number of hydrogen-bond donors (Lipinski definition) is 1. The summed E-state index contributed by atoms with van der Waals surface area (Å²) in [6, 6.07) is 7.32. The number of sulfonamides is 1. The molecule has 23 heavy (non-hydrogen) atoms. The molecule has 0 radical (unpaired) electrons. The predicted molar refractivity (Wildman–Crippen MR) is 90.8 cm³/mol. The van der Waals surface area contributed by atoms with Crippen molar-refractivity contribution >= 4 is 15.9 Å². The average Bonchev–Trinajstić information content (AvgIpc) is 2.54. The van der Waals surface area contributed by atoms with E-state index in [9.17, 15) is 13.2 Å². The van der Waals surface area contributed by atoms with Crippen molar-refractivity contribution in [2.24, 2.45) is 0 Å². The van der Waals surface area contributed by atoms with Crippen LogP contribution in [0.5, 0.6) is 0 Å². The maximum atomic E-state index is 12.4. The van der Waals surface area contributed by atoms with Crippen molar-refractivity contribution < 1.29 is 13.2 Å². The summed E-state index contributed by atoms with van der Waals surface area (Å²) in [4.78, 5) is 13.9. The summed E-state index contributed by atoms with van der Waals surface area (Å²) in [7, 11) is 0.311. The number of benzene rings is 1. The molecule has 0 bridgehead atoms. The second kappa shape index (κ2) is 6.98. The van der Waals surface area contributed by atoms with Gasteiger partial charge < -0.3 is 5.32 Å². The Kier molecular flexibility index (Phi) is 5.44. The third kappa shape index (κ3) is 3.73. The van der Waals surface area contributed by atoms with Gasteiger partial charge in [-0.1, -0.05) is 12.1 Å². The topological polar surface area (TPSA) is 69.7 Å². The molecule has 1 amide bonds. The van der Waals surface area contributed by atoms with E-state index in [2.05, 4.69) is 10.2 Å². The normalized spacial score (nSPS) is 20.7. The highest BCUT2D eigenvalue weighted by Crippen LogP contribution is 2.27. The van der Waals surface area contributed by atoms with Crippen LogP contribution in [-0.4, -0.2) is 62.5 Å². The summed E-state index contributed by atoms with van der Waals surface area (Å²) in [5.41, 5.74) is 1.54. The fourth-order valence-electron chi connectivity index (χ4n) is 2.77. The lowest BCUT2D eigenvalue weighted by molar-refractivity contribution is 0.0962. The van der Waals surface area contributed by atoms with E-state index in [1.807, 2.05) is 25.2 Å². The lowest BCUT2D eigenvalue weighted by atomic mass is 10.0. The van der Waals surface area contributed by atoms with Crippen molar-refractivity contribution in [2.45, 2.75) is 25.1 Å². The van der Waals surface area contributed by atoms with Crippen molar-refractivity contribution in [2.75, 3.05) is 33.7 Å². The van der Waals surface area contributed by atoms with E-state index in [0.717, 1.165) is 5.56 Å². The Balaban J connectivity index is 2.29. The van der Waals surface area contributed by atoms with E-state index in [1.165, 1.54) is 0 Å². The lowest BCUT2D eigenvalue weighted by Gasteiger charge is -2.39. The molecule has 1 aliphatic heterocycles. The maximum absolute atomic E-state index is 12.4. The quantitative estimate of drug-likeness (QED) is 0.891. The second-order valence-electron chi connectivity index (χ2n) is 6.15. The smallest absolute Gasteiger partial charge is 0.251 e. The number of rotatable bonds is 4. The first-order valence-corrected chi connectivity index (χ1v) is 9.29. The third-order valence-electron chi connectivity index (χ3n) is 4.33. The molecule has 7 heteroatoms. The number of piperazine rings is 1. The van der Waals surface area contributed by atoms with Gasteiger partial charge in [0, 0.05) is 38.3 Å². The molecule has 0 aliphatic carbocycles. The lowest BCUT2D eigenvalue weighted by Crippen LogP contribution is -2.50. The molecule has 1 aromatic rings. The summed E-state index contributed by atoms with van der Waals surface area (Å²) in [5.74, 6) is -0.142. The Hall–Kier alpha value is -1.44. The number of nitrogens with zero attached hydrogens (tertiary/aromatic N) is 2. The van der Waals surface area contributed by atoms with Gasteiger partial charge >= 0.3 is 0 Å². The zero-order valence-electron chi connectivity index (χ0n) is 14.1. The van der Waals surface area contributed by atoms with E-state index >= 15 is 0 Å². The predicted octanol–water partition coefficient (Wildman–Crippen LogP) is 1.07. The van der Waals surface area contributed by atoms with Gasteiger partial charge in [0.2, 0.25) is 10.0 Å². The van der Waals surface area contributed by atoms with E-state index < -0.39 is 15.3 Å². The van der Waals surface area contributed by atoms with Crippen LogP contribution >= 0.6 is 0 Å². The summed E-state index contributed by atoms with van der Waals surface area (Å²) in [5, 5.41) is 2.18. The first-order valence-electron chi connectivity index (χ1n) is 7.78. The molecular formula is C16H25N3O3S. The van der Waals surface area contributed by atoms with Crippen molar-refractivity contribution in [1.82, 2.24) is 14.5 Å². The second-order valence-corrected chi connectivity index (χ2v) is 8.64. The minimum absolute atomic E-state index is 0.0538. The van der Waals surface area contributed by atoms with Crippen LogP contribution in [0.4, 0.5) is 0 Å². The molecule has 1 aromatic carbocycles. The van der Waals surface area contributed by atoms with Gasteiger partial charge in [-0.3, -0.25) is 9.69 Å². The molecule has 6 nitrogen and oxygen atoms in total. The van der Waals surface area contributed by atoms with E-state index in [-0.39, 0.29) is 11.9 Å². The molecule has 0 spiro atoms. The summed E-state index contributed by atoms with van der Waals surface area (Å²) < 4.78 is 26.4. The molecule has 0 saturated carbocycles. The number of hydrogen-bond acceptors (Lipinski definition) is 4. The zero-order valence-corrected chi connectivity index (χ0v) is 14.9. The molecule has 1 N–H and O–H groups in total. The highest BCUT2D eigenvalue weighted by molar-refractivity contribution is 7.89. The van der Waals surface area contributed by atoms with Crippen LogP contribution in [0.3, 0.4) is 0 Å². The molecule has 2 rings (SSSR count). The number of likely N-dealkylation sites (N-methyl/N-ethyl adjacent to an activating group) is 1. The van der Waals surface area contributed by atoms with Crippen molar-refractivity contribution in [1.29, 1.82) is 0 Å². The van der Waals surface area contributed by atoms with Crippen LogP contribution in [0.25, 0.3) is 0 Å². The number of carbonyl (C=O) groups excluding carboxylic acids is 1. The van der Waals surface area contributed by atoms with Gasteiger partial charge in [0.25, 0.3) is 5.91 Å². The molecule has 1 atom stereocenters. The number of carbonyl (C=O) groups is 1. The van der Waals surface area contributed by atoms with Crippen LogP contribution in [0.1, 0.15) is 35.8 Å². The number of amides is 1. The highest BCUT2D eigenvalue weighted by Gasteiger charge is 2.34. The molecule has 1 fully saturated rings. The Morgan fingerprint density at radius 3 is 2.61 bits per heavy atom. The highest BCUT2D eigenvalue weighted by atomic mass is 32.2. The van der Waals surface area contributed by atoms with Crippen molar-refractivity contribution in [3.63, 3.8) is 0 Å². The largest absolute Gasteiger partial charge is 0.355 e. The maximum Gasteiger partial charge on any atom is 0.251 e. The molecule has 0 unspecified atom stereocenters. The van der Waals surface area contributed by atoms with Crippen LogP contribution in [0, 0.1) is 0 Å². The van der Waals surface area contributed by atoms with Crippen LogP contribution < -0.4 is 5.32 Å². The van der Waals surface area contributed by atoms with Crippen molar-refractivity contribution in [3.8, 4) is 0 Å². The molecule has 0 aromatic heterocycles. The van der Waals surface area contributed by atoms with Gasteiger partial charge in [0.1, 0.15) is 0 Å². The van der Waals surface area contributed by atoms with Crippen LogP contribution in [-0.2, 0) is 10.0 Å². The zero-order chi connectivity index (χ0) is 17.2. The first-order chi connectivity index (χ1) is 10.8. The summed E-state index contributed by atoms with van der Waals surface area (Å²) in [6.45, 7) is 4.99. The minimum Gasteiger partial charge on any atom is -0.355 e. The molecule has 1 heterocycles. The third-order valence-corrected chi connectivity index (χ3v) is 6.57. The van der Waals surface area contributed by atoms with Gasteiger partial charge in [0.05, 0.1) is 5.25 Å². The molecule has 1 saturated heterocycles. The fraction of sp³-hybridized carbons (Fsp3) is 0.562. The van der Waals surface area contributed by atoms with Crippen molar-refractivity contribution in [3.05, 3.63) is 35.4 Å². The Morgan fingerprint density at radius 1 is 1.30 bits per heavy atom. The van der Waals surface area contributed by atoms with E-state index in [4.69, 9.17) is 0 Å².